The fraction of sp³-hybridized carbons (Fsp3) is 0.400. The summed E-state index contributed by atoms with van der Waals surface area (Å²) in [6.07, 6.45) is 0. The van der Waals surface area contributed by atoms with Gasteiger partial charge in [-0.3, -0.25) is 4.57 Å². The van der Waals surface area contributed by atoms with E-state index in [9.17, 15) is 9.67 Å². The van der Waals surface area contributed by atoms with Gasteiger partial charge in [0.15, 0.2) is 5.85 Å². The molecule has 0 unspecified atom stereocenters. The maximum Gasteiger partial charge on any atom is 0.264 e. The molecule has 2 aromatic carbocycles. The van der Waals surface area contributed by atoms with Crippen LogP contribution in [0.1, 0.15) is 25.3 Å². The van der Waals surface area contributed by atoms with Crippen molar-refractivity contribution in [2.45, 2.75) is 19.7 Å². The van der Waals surface area contributed by atoms with Crippen molar-refractivity contribution >= 4 is 18.4 Å². The first-order valence-electron chi connectivity index (χ1n) is 8.62. The van der Waals surface area contributed by atoms with Crippen molar-refractivity contribution in [3.63, 3.8) is 0 Å². The number of nitrogens with zero attached hydrogens (tertiary/aromatic N) is 1. The van der Waals surface area contributed by atoms with Gasteiger partial charge in [-0.05, 0) is 47.9 Å². The van der Waals surface area contributed by atoms with E-state index in [2.05, 4.69) is 0 Å². The summed E-state index contributed by atoms with van der Waals surface area (Å²) in [6.45, 7) is 4.28. The second kappa shape index (κ2) is 8.72. The number of hydrogen-bond donors (Lipinski definition) is 1. The van der Waals surface area contributed by atoms with E-state index in [-0.39, 0.29) is 5.92 Å². The Kier molecular flexibility index (Phi) is 6.87. The Morgan fingerprint density at radius 2 is 1.62 bits per heavy atom. The highest BCUT2D eigenvalue weighted by molar-refractivity contribution is 7.67. The summed E-state index contributed by atoms with van der Waals surface area (Å²) >= 11 is 0. The average Bonchev–Trinajstić information content (AvgIpc) is 2.65. The van der Waals surface area contributed by atoms with Gasteiger partial charge in [0, 0.05) is 25.1 Å². The number of hydrogen-bond acceptors (Lipinski definition) is 5. The summed E-state index contributed by atoms with van der Waals surface area (Å²) in [7, 11) is 1.94. The topological polar surface area (TPSA) is 59.0 Å². The second-order valence-electron chi connectivity index (χ2n) is 6.84. The molecule has 0 saturated heterocycles. The van der Waals surface area contributed by atoms with Crippen LogP contribution in [0.15, 0.2) is 48.5 Å². The van der Waals surface area contributed by atoms with E-state index in [1.54, 1.807) is 43.5 Å². The summed E-state index contributed by atoms with van der Waals surface area (Å²) in [5.74, 6) is -0.362. The first-order chi connectivity index (χ1) is 12.3. The van der Waals surface area contributed by atoms with E-state index >= 15 is 0 Å². The van der Waals surface area contributed by atoms with Crippen molar-refractivity contribution in [1.82, 2.24) is 0 Å². The SMILES string of the molecule is COc1ccc([C@@H](O)[P@](=O)(OCC(C)C)c2ccc(N(C)C)cc2)cc1. The van der Waals surface area contributed by atoms with E-state index in [1.165, 1.54) is 0 Å². The fourth-order valence-electron chi connectivity index (χ4n) is 2.48. The summed E-state index contributed by atoms with van der Waals surface area (Å²) in [4.78, 5) is 1.96. The molecule has 0 aliphatic heterocycles. The molecule has 0 bridgehead atoms. The molecule has 0 aromatic heterocycles. The first kappa shape index (κ1) is 20.5. The van der Waals surface area contributed by atoms with E-state index in [0.29, 0.717) is 23.2 Å². The van der Waals surface area contributed by atoms with Crippen LogP contribution in [-0.4, -0.2) is 32.9 Å². The lowest BCUT2D eigenvalue weighted by Crippen LogP contribution is -2.17. The highest BCUT2D eigenvalue weighted by Crippen LogP contribution is 2.58. The predicted molar refractivity (Wildman–Crippen MR) is 107 cm³/mol. The third-order valence-electron chi connectivity index (χ3n) is 4.06. The molecular weight excluding hydrogens is 349 g/mol. The first-order valence-corrected chi connectivity index (χ1v) is 10.3. The minimum absolute atomic E-state index is 0.201. The third kappa shape index (κ3) is 4.67. The van der Waals surface area contributed by atoms with Crippen molar-refractivity contribution in [3.8, 4) is 5.75 Å². The van der Waals surface area contributed by atoms with Crippen LogP contribution in [-0.2, 0) is 9.09 Å². The van der Waals surface area contributed by atoms with Crippen LogP contribution >= 0.6 is 7.37 Å². The Morgan fingerprint density at radius 3 is 2.08 bits per heavy atom. The van der Waals surface area contributed by atoms with Crippen molar-refractivity contribution < 1.29 is 18.9 Å². The zero-order chi connectivity index (χ0) is 19.3. The Bertz CT molecular complexity index is 741. The minimum Gasteiger partial charge on any atom is -0.497 e. The average molecular weight is 377 g/mol. The van der Waals surface area contributed by atoms with E-state index in [4.69, 9.17) is 9.26 Å². The van der Waals surface area contributed by atoms with Gasteiger partial charge in [0.1, 0.15) is 5.75 Å². The Hall–Kier alpha value is -1.81. The second-order valence-corrected chi connectivity index (χ2v) is 9.30. The number of anilines is 1. The number of benzene rings is 2. The van der Waals surface area contributed by atoms with Gasteiger partial charge in [-0.2, -0.15) is 0 Å². The van der Waals surface area contributed by atoms with Crippen LogP contribution in [0.25, 0.3) is 0 Å². The lowest BCUT2D eigenvalue weighted by molar-refractivity contribution is 0.202. The molecule has 0 aliphatic carbocycles. The molecule has 5 nitrogen and oxygen atoms in total. The standard InChI is InChI=1S/C20H28NO4P/c1-15(2)14-25-26(23,19-12-8-17(9-13-19)21(3)4)20(22)16-6-10-18(24-5)11-7-16/h6-13,15,20,22H,14H2,1-5H3/t20-,26+/m0/s1. The van der Waals surface area contributed by atoms with Gasteiger partial charge in [-0.25, -0.2) is 0 Å². The van der Waals surface area contributed by atoms with Gasteiger partial charge in [0.2, 0.25) is 0 Å². The lowest BCUT2D eigenvalue weighted by atomic mass is 10.2. The van der Waals surface area contributed by atoms with E-state index in [1.807, 2.05) is 45.0 Å². The Balaban J connectivity index is 2.40. The zero-order valence-electron chi connectivity index (χ0n) is 16.0. The van der Waals surface area contributed by atoms with Crippen LogP contribution in [0.5, 0.6) is 5.75 Å². The zero-order valence-corrected chi connectivity index (χ0v) is 16.9. The summed E-state index contributed by atoms with van der Waals surface area (Å²) in [5.41, 5.74) is 1.53. The molecule has 0 radical (unpaired) electrons. The number of rotatable bonds is 8. The molecule has 1 N–H and O–H groups in total. The van der Waals surface area contributed by atoms with Crippen LogP contribution in [0.2, 0.25) is 0 Å². The molecule has 0 saturated carbocycles. The van der Waals surface area contributed by atoms with Gasteiger partial charge in [0.25, 0.3) is 7.37 Å². The summed E-state index contributed by atoms with van der Waals surface area (Å²) < 4.78 is 24.7. The van der Waals surface area contributed by atoms with Crippen LogP contribution < -0.4 is 14.9 Å². The van der Waals surface area contributed by atoms with Crippen molar-refractivity contribution in [3.05, 3.63) is 54.1 Å². The van der Waals surface area contributed by atoms with Crippen molar-refractivity contribution in [2.24, 2.45) is 5.92 Å². The monoisotopic (exact) mass is 377 g/mol. The number of aliphatic hydroxyl groups is 1. The molecule has 2 atom stereocenters. The molecule has 2 rings (SSSR count). The Labute approximate surface area is 156 Å². The number of methoxy groups -OCH3 is 1. The molecular formula is C20H28NO4P. The van der Waals surface area contributed by atoms with Gasteiger partial charge < -0.3 is 19.3 Å². The largest absolute Gasteiger partial charge is 0.497 e. The quantitative estimate of drug-likeness (QED) is 0.704. The maximum absolute atomic E-state index is 13.7. The van der Waals surface area contributed by atoms with Gasteiger partial charge in [-0.15, -0.1) is 0 Å². The highest BCUT2D eigenvalue weighted by Gasteiger charge is 2.36. The van der Waals surface area contributed by atoms with E-state index in [0.717, 1.165) is 5.69 Å². The number of aliphatic hydroxyl groups excluding tert-OH is 1. The maximum atomic E-state index is 13.7. The highest BCUT2D eigenvalue weighted by atomic mass is 31.2. The smallest absolute Gasteiger partial charge is 0.264 e. The summed E-state index contributed by atoms with van der Waals surface area (Å²) in [6, 6.07) is 14.2. The predicted octanol–water partition coefficient (Wildman–Crippen LogP) is 4.03. The third-order valence-corrected chi connectivity index (χ3v) is 6.55. The van der Waals surface area contributed by atoms with Crippen LogP contribution in [0, 0.1) is 5.92 Å². The van der Waals surface area contributed by atoms with Crippen LogP contribution in [0.4, 0.5) is 5.69 Å². The molecule has 0 fully saturated rings. The van der Waals surface area contributed by atoms with Crippen LogP contribution in [0.3, 0.4) is 0 Å². The molecule has 0 spiro atoms. The van der Waals surface area contributed by atoms with Gasteiger partial charge >= 0.3 is 0 Å². The normalized spacial score (nSPS) is 14.7. The van der Waals surface area contributed by atoms with Crippen molar-refractivity contribution in [2.75, 3.05) is 32.7 Å². The molecule has 0 aliphatic rings. The van der Waals surface area contributed by atoms with Crippen molar-refractivity contribution in [1.29, 1.82) is 0 Å². The minimum atomic E-state index is -3.52. The number of ether oxygens (including phenoxy) is 1. The molecule has 0 amide bonds. The Morgan fingerprint density at radius 1 is 1.04 bits per heavy atom. The van der Waals surface area contributed by atoms with E-state index < -0.39 is 13.2 Å². The molecule has 0 heterocycles. The molecule has 26 heavy (non-hydrogen) atoms. The molecule has 6 heteroatoms. The molecule has 142 valence electrons. The van der Waals surface area contributed by atoms with Gasteiger partial charge in [0.05, 0.1) is 13.7 Å². The fourth-order valence-corrected chi connectivity index (χ4v) is 4.70. The molecule has 2 aromatic rings. The lowest BCUT2D eigenvalue weighted by Gasteiger charge is -2.26. The summed E-state index contributed by atoms with van der Waals surface area (Å²) in [5, 5.41) is 11.4. The van der Waals surface area contributed by atoms with Gasteiger partial charge in [-0.1, -0.05) is 26.0 Å².